The molecule has 1 aromatic carbocycles. The molecule has 3 aromatic rings. The van der Waals surface area contributed by atoms with Gasteiger partial charge in [0.05, 0.1) is 11.4 Å². The minimum absolute atomic E-state index is 0. The number of pyridine rings is 1. The highest BCUT2D eigenvalue weighted by atomic mass is 35.5. The first-order valence-corrected chi connectivity index (χ1v) is 9.30. The molecule has 0 fully saturated rings. The lowest BCUT2D eigenvalue weighted by atomic mass is 10.1. The standard InChI is InChI=1S/C18H20N4O2S.2ClH/c1-19-11-14-10-17(15-6-4-3-5-7-15)22(13-14)25(23,24)18-12-21-9-8-16(18)20-2;;/h3-10,12-13,19H,11H2,1-2H3,(H,20,21);2*1H. The molecule has 0 aliphatic carbocycles. The van der Waals surface area contributed by atoms with Crippen LogP contribution in [-0.2, 0) is 16.6 Å². The summed E-state index contributed by atoms with van der Waals surface area (Å²) in [4.78, 5) is 4.13. The summed E-state index contributed by atoms with van der Waals surface area (Å²) in [5.41, 5.74) is 2.86. The van der Waals surface area contributed by atoms with Crippen LogP contribution in [0.4, 0.5) is 5.69 Å². The predicted octanol–water partition coefficient (Wildman–Crippen LogP) is 3.39. The van der Waals surface area contributed by atoms with E-state index in [4.69, 9.17) is 0 Å². The van der Waals surface area contributed by atoms with Crippen LogP contribution in [0.5, 0.6) is 0 Å². The van der Waals surface area contributed by atoms with Crippen LogP contribution < -0.4 is 10.6 Å². The smallest absolute Gasteiger partial charge is 0.271 e. The summed E-state index contributed by atoms with van der Waals surface area (Å²) in [6.45, 7) is 0.578. The zero-order chi connectivity index (χ0) is 17.9. The molecule has 0 spiro atoms. The first-order chi connectivity index (χ1) is 12.1. The number of rotatable bonds is 6. The van der Waals surface area contributed by atoms with Gasteiger partial charge in [-0.15, -0.1) is 24.8 Å². The fourth-order valence-corrected chi connectivity index (χ4v) is 4.26. The largest absolute Gasteiger partial charge is 0.387 e. The molecular formula is C18H22Cl2N4O2S. The number of benzene rings is 1. The second-order valence-electron chi connectivity index (χ2n) is 5.55. The van der Waals surface area contributed by atoms with Crippen LogP contribution in [0.2, 0.25) is 0 Å². The number of anilines is 1. The minimum atomic E-state index is -3.79. The Hall–Kier alpha value is -2.06. The molecule has 0 saturated carbocycles. The van der Waals surface area contributed by atoms with Crippen molar-refractivity contribution in [1.82, 2.24) is 14.3 Å². The average molecular weight is 429 g/mol. The summed E-state index contributed by atoms with van der Waals surface area (Å²) in [6.07, 6.45) is 4.58. The molecule has 0 amide bonds. The quantitative estimate of drug-likeness (QED) is 0.628. The Morgan fingerprint density at radius 2 is 1.78 bits per heavy atom. The summed E-state index contributed by atoms with van der Waals surface area (Å²) >= 11 is 0. The Kier molecular flexibility index (Phi) is 8.30. The number of nitrogens with zero attached hydrogens (tertiary/aromatic N) is 2. The second kappa shape index (κ2) is 9.75. The monoisotopic (exact) mass is 428 g/mol. The fourth-order valence-electron chi connectivity index (χ4n) is 2.71. The van der Waals surface area contributed by atoms with Gasteiger partial charge in [-0.3, -0.25) is 4.98 Å². The van der Waals surface area contributed by atoms with E-state index in [1.54, 1.807) is 25.5 Å². The van der Waals surface area contributed by atoms with Crippen LogP contribution in [0, 0.1) is 0 Å². The molecule has 27 heavy (non-hydrogen) atoms. The lowest BCUT2D eigenvalue weighted by Gasteiger charge is -2.13. The van der Waals surface area contributed by atoms with Crippen molar-refractivity contribution in [1.29, 1.82) is 0 Å². The predicted molar refractivity (Wildman–Crippen MR) is 113 cm³/mol. The molecular weight excluding hydrogens is 407 g/mol. The van der Waals surface area contributed by atoms with Crippen LogP contribution in [0.3, 0.4) is 0 Å². The van der Waals surface area contributed by atoms with Crippen LogP contribution in [0.15, 0.2) is 66.0 Å². The van der Waals surface area contributed by atoms with Gasteiger partial charge < -0.3 is 10.6 Å². The summed E-state index contributed by atoms with van der Waals surface area (Å²) in [5, 5.41) is 5.97. The van der Waals surface area contributed by atoms with Gasteiger partial charge in [-0.1, -0.05) is 30.3 Å². The Bertz CT molecular complexity index is 976. The average Bonchev–Trinajstić information content (AvgIpc) is 3.07. The van der Waals surface area contributed by atoms with E-state index in [0.29, 0.717) is 17.9 Å². The zero-order valence-electron chi connectivity index (χ0n) is 14.9. The molecule has 9 heteroatoms. The zero-order valence-corrected chi connectivity index (χ0v) is 17.4. The van der Waals surface area contributed by atoms with Gasteiger partial charge in [0, 0.05) is 32.2 Å². The van der Waals surface area contributed by atoms with Crippen molar-refractivity contribution in [3.05, 3.63) is 66.6 Å². The molecule has 0 aliphatic heterocycles. The van der Waals surface area contributed by atoms with E-state index in [1.807, 2.05) is 43.4 Å². The minimum Gasteiger partial charge on any atom is -0.387 e. The third kappa shape index (κ3) is 4.62. The van der Waals surface area contributed by atoms with E-state index in [2.05, 4.69) is 15.6 Å². The van der Waals surface area contributed by atoms with Crippen LogP contribution in [0.1, 0.15) is 5.56 Å². The normalized spacial score (nSPS) is 10.6. The van der Waals surface area contributed by atoms with E-state index in [1.165, 1.54) is 10.2 Å². The number of hydrogen-bond acceptors (Lipinski definition) is 5. The Labute approximate surface area is 171 Å². The lowest BCUT2D eigenvalue weighted by Crippen LogP contribution is -2.15. The molecule has 0 radical (unpaired) electrons. The maximum absolute atomic E-state index is 13.3. The molecule has 2 heterocycles. The molecule has 0 saturated heterocycles. The van der Waals surface area contributed by atoms with E-state index in [-0.39, 0.29) is 29.7 Å². The first-order valence-electron chi connectivity index (χ1n) is 7.86. The summed E-state index contributed by atoms with van der Waals surface area (Å²) < 4.78 is 27.9. The van der Waals surface area contributed by atoms with Crippen molar-refractivity contribution in [3.63, 3.8) is 0 Å². The maximum atomic E-state index is 13.3. The molecule has 0 atom stereocenters. The van der Waals surface area contributed by atoms with Gasteiger partial charge in [0.2, 0.25) is 0 Å². The molecule has 6 nitrogen and oxygen atoms in total. The maximum Gasteiger partial charge on any atom is 0.271 e. The van der Waals surface area contributed by atoms with Gasteiger partial charge in [-0.25, -0.2) is 12.4 Å². The first kappa shape index (κ1) is 23.0. The van der Waals surface area contributed by atoms with Gasteiger partial charge in [0.25, 0.3) is 10.0 Å². The van der Waals surface area contributed by atoms with Crippen LogP contribution >= 0.6 is 24.8 Å². The van der Waals surface area contributed by atoms with E-state index >= 15 is 0 Å². The Morgan fingerprint density at radius 1 is 1.07 bits per heavy atom. The van der Waals surface area contributed by atoms with E-state index in [0.717, 1.165) is 11.1 Å². The van der Waals surface area contributed by atoms with E-state index in [9.17, 15) is 8.42 Å². The van der Waals surface area contributed by atoms with E-state index < -0.39 is 10.0 Å². The van der Waals surface area contributed by atoms with Gasteiger partial charge in [0.15, 0.2) is 0 Å². The number of nitrogens with one attached hydrogen (secondary N) is 2. The lowest BCUT2D eigenvalue weighted by molar-refractivity contribution is 0.588. The highest BCUT2D eigenvalue weighted by Gasteiger charge is 2.24. The van der Waals surface area contributed by atoms with Gasteiger partial charge in [-0.2, -0.15) is 0 Å². The number of hydrogen-bond donors (Lipinski definition) is 2. The van der Waals surface area contributed by atoms with Gasteiger partial charge >= 0.3 is 0 Å². The molecule has 0 unspecified atom stereocenters. The molecule has 146 valence electrons. The highest BCUT2D eigenvalue weighted by molar-refractivity contribution is 7.90. The highest BCUT2D eigenvalue weighted by Crippen LogP contribution is 2.29. The third-order valence-electron chi connectivity index (χ3n) is 3.88. The van der Waals surface area contributed by atoms with Crippen molar-refractivity contribution >= 4 is 40.5 Å². The summed E-state index contributed by atoms with van der Waals surface area (Å²) in [5.74, 6) is 0. The molecule has 3 rings (SSSR count). The van der Waals surface area contributed by atoms with Crippen molar-refractivity contribution in [3.8, 4) is 11.3 Å². The summed E-state index contributed by atoms with van der Waals surface area (Å²) in [7, 11) is -0.277. The molecule has 0 aliphatic rings. The van der Waals surface area contributed by atoms with Crippen molar-refractivity contribution in [2.75, 3.05) is 19.4 Å². The van der Waals surface area contributed by atoms with Crippen LogP contribution in [0.25, 0.3) is 11.3 Å². The Balaban J connectivity index is 0.00000182. The fraction of sp³-hybridized carbons (Fsp3) is 0.167. The van der Waals surface area contributed by atoms with Crippen molar-refractivity contribution in [2.24, 2.45) is 0 Å². The third-order valence-corrected chi connectivity index (χ3v) is 5.58. The number of aromatic nitrogens is 2. The molecule has 2 N–H and O–H groups in total. The van der Waals surface area contributed by atoms with Gasteiger partial charge in [0.1, 0.15) is 4.90 Å². The SMILES string of the molecule is CNCc1cc(-c2ccccc2)n(S(=O)(=O)c2cnccc2NC)c1.Cl.Cl. The Morgan fingerprint density at radius 3 is 2.41 bits per heavy atom. The second-order valence-corrected chi connectivity index (χ2v) is 7.34. The summed E-state index contributed by atoms with van der Waals surface area (Å²) in [6, 6.07) is 13.0. The van der Waals surface area contributed by atoms with Crippen LogP contribution in [-0.4, -0.2) is 31.5 Å². The van der Waals surface area contributed by atoms with Gasteiger partial charge in [-0.05, 0) is 30.3 Å². The molecule has 2 aromatic heterocycles. The topological polar surface area (TPSA) is 76.0 Å². The van der Waals surface area contributed by atoms with Crippen molar-refractivity contribution in [2.45, 2.75) is 11.4 Å². The molecule has 0 bridgehead atoms. The number of halogens is 2. The van der Waals surface area contributed by atoms with Crippen molar-refractivity contribution < 1.29 is 8.42 Å².